The molecule has 132 valence electrons. The Hall–Kier alpha value is -1.50. The molecule has 3 atom stereocenters. The molecule has 0 bridgehead atoms. The van der Waals surface area contributed by atoms with Crippen molar-refractivity contribution in [2.75, 3.05) is 46.4 Å². The Morgan fingerprint density at radius 2 is 2.21 bits per heavy atom. The van der Waals surface area contributed by atoms with Crippen molar-refractivity contribution in [3.8, 4) is 0 Å². The molecule has 0 aromatic heterocycles. The molecule has 1 heterocycles. The highest BCUT2D eigenvalue weighted by molar-refractivity contribution is 5.82. The Labute approximate surface area is 142 Å². The summed E-state index contributed by atoms with van der Waals surface area (Å²) in [5.41, 5.74) is 0.885. The molecule has 1 saturated carbocycles. The minimum absolute atomic E-state index is 0.0327. The van der Waals surface area contributed by atoms with E-state index in [1.165, 1.54) is 12.1 Å². The van der Waals surface area contributed by atoms with Gasteiger partial charge in [0.05, 0.1) is 19.3 Å². The first kappa shape index (κ1) is 17.3. The van der Waals surface area contributed by atoms with Crippen molar-refractivity contribution in [1.82, 2.24) is 9.80 Å². The summed E-state index contributed by atoms with van der Waals surface area (Å²) < 4.78 is 18.6. The molecule has 5 nitrogen and oxygen atoms in total. The van der Waals surface area contributed by atoms with Gasteiger partial charge in [-0.3, -0.25) is 9.69 Å². The van der Waals surface area contributed by atoms with E-state index in [1.807, 2.05) is 6.07 Å². The number of halogens is 1. The molecule has 0 spiro atoms. The van der Waals surface area contributed by atoms with Crippen molar-refractivity contribution in [3.05, 3.63) is 35.6 Å². The van der Waals surface area contributed by atoms with Gasteiger partial charge < -0.3 is 14.7 Å². The van der Waals surface area contributed by atoms with Gasteiger partial charge in [0, 0.05) is 39.1 Å². The number of hydrogen-bond donors (Lipinski definition) is 1. The smallest absolute Gasteiger partial charge is 0.226 e. The SMILES string of the molecule is CN(CC(O)CN1CCOCC1)C(=O)C1CC1c1cccc(F)c1. The van der Waals surface area contributed by atoms with Crippen molar-refractivity contribution < 1.29 is 19.0 Å². The monoisotopic (exact) mass is 336 g/mol. The van der Waals surface area contributed by atoms with Crippen LogP contribution >= 0.6 is 0 Å². The van der Waals surface area contributed by atoms with Gasteiger partial charge in [-0.15, -0.1) is 0 Å². The molecule has 1 aliphatic carbocycles. The maximum absolute atomic E-state index is 13.3. The van der Waals surface area contributed by atoms with Crippen molar-refractivity contribution in [2.45, 2.75) is 18.4 Å². The van der Waals surface area contributed by atoms with Gasteiger partial charge in [0.15, 0.2) is 0 Å². The van der Waals surface area contributed by atoms with Crippen LogP contribution in [0.3, 0.4) is 0 Å². The Morgan fingerprint density at radius 3 is 2.92 bits per heavy atom. The predicted octanol–water partition coefficient (Wildman–Crippen LogP) is 1.08. The molecular formula is C18H25FN2O3. The normalized spacial score (nSPS) is 25.3. The topological polar surface area (TPSA) is 53.0 Å². The van der Waals surface area contributed by atoms with Gasteiger partial charge in [-0.05, 0) is 30.0 Å². The van der Waals surface area contributed by atoms with Crippen LogP contribution in [-0.4, -0.2) is 73.4 Å². The quantitative estimate of drug-likeness (QED) is 0.845. The largest absolute Gasteiger partial charge is 0.390 e. The molecule has 1 saturated heterocycles. The first-order valence-corrected chi connectivity index (χ1v) is 8.53. The molecule has 2 fully saturated rings. The average Bonchev–Trinajstić information content (AvgIpc) is 3.35. The first-order chi connectivity index (χ1) is 11.5. The van der Waals surface area contributed by atoms with Gasteiger partial charge in [-0.2, -0.15) is 0 Å². The number of β-amino-alcohol motifs (C(OH)–C–C–N with tert-alkyl or cyclic N) is 1. The molecule has 1 aromatic rings. The van der Waals surface area contributed by atoms with Crippen molar-refractivity contribution >= 4 is 5.91 Å². The summed E-state index contributed by atoms with van der Waals surface area (Å²) in [4.78, 5) is 16.2. The number of rotatable bonds is 6. The van der Waals surface area contributed by atoms with E-state index in [1.54, 1.807) is 18.0 Å². The van der Waals surface area contributed by atoms with Crippen molar-refractivity contribution in [2.24, 2.45) is 5.92 Å². The zero-order valence-corrected chi connectivity index (χ0v) is 14.0. The lowest BCUT2D eigenvalue weighted by Gasteiger charge is -2.30. The maximum Gasteiger partial charge on any atom is 0.226 e. The van der Waals surface area contributed by atoms with Gasteiger partial charge in [0.2, 0.25) is 5.91 Å². The number of carbonyl (C=O) groups excluding carboxylic acids is 1. The molecule has 3 rings (SSSR count). The lowest BCUT2D eigenvalue weighted by molar-refractivity contribution is -0.132. The number of aliphatic hydroxyl groups is 1. The molecule has 1 N–H and O–H groups in total. The number of benzene rings is 1. The van der Waals surface area contributed by atoms with Crippen LogP contribution in [0.15, 0.2) is 24.3 Å². The maximum atomic E-state index is 13.3. The van der Waals surface area contributed by atoms with E-state index >= 15 is 0 Å². The number of likely N-dealkylation sites (N-methyl/N-ethyl adjacent to an activating group) is 1. The van der Waals surface area contributed by atoms with E-state index < -0.39 is 6.10 Å². The minimum atomic E-state index is -0.566. The number of amides is 1. The summed E-state index contributed by atoms with van der Waals surface area (Å²) in [5, 5.41) is 10.2. The molecule has 1 amide bonds. The van der Waals surface area contributed by atoms with E-state index in [0.29, 0.717) is 26.3 Å². The van der Waals surface area contributed by atoms with Crippen LogP contribution in [0.25, 0.3) is 0 Å². The fourth-order valence-electron chi connectivity index (χ4n) is 3.40. The Kier molecular flexibility index (Phi) is 5.48. The second-order valence-electron chi connectivity index (χ2n) is 6.79. The molecule has 24 heavy (non-hydrogen) atoms. The fourth-order valence-corrected chi connectivity index (χ4v) is 3.40. The summed E-state index contributed by atoms with van der Waals surface area (Å²) in [7, 11) is 1.73. The van der Waals surface area contributed by atoms with Gasteiger partial charge in [-0.1, -0.05) is 12.1 Å². The van der Waals surface area contributed by atoms with Crippen LogP contribution < -0.4 is 0 Å². The Balaban J connectivity index is 1.47. The molecule has 6 heteroatoms. The van der Waals surface area contributed by atoms with Crippen LogP contribution in [0.5, 0.6) is 0 Å². The molecule has 1 aliphatic heterocycles. The number of aliphatic hydroxyl groups excluding tert-OH is 1. The third-order valence-corrected chi connectivity index (χ3v) is 4.82. The minimum Gasteiger partial charge on any atom is -0.390 e. The van der Waals surface area contributed by atoms with E-state index in [2.05, 4.69) is 4.90 Å². The van der Waals surface area contributed by atoms with Crippen LogP contribution in [0.1, 0.15) is 17.9 Å². The lowest BCUT2D eigenvalue weighted by atomic mass is 10.1. The summed E-state index contributed by atoms with van der Waals surface area (Å²) in [6.45, 7) is 3.90. The van der Waals surface area contributed by atoms with Gasteiger partial charge >= 0.3 is 0 Å². The zero-order valence-electron chi connectivity index (χ0n) is 14.0. The van der Waals surface area contributed by atoms with Gasteiger partial charge in [0.1, 0.15) is 5.82 Å². The zero-order chi connectivity index (χ0) is 17.1. The molecule has 2 aliphatic rings. The Bertz CT molecular complexity index is 577. The summed E-state index contributed by atoms with van der Waals surface area (Å²) >= 11 is 0. The first-order valence-electron chi connectivity index (χ1n) is 8.53. The molecule has 3 unspecified atom stereocenters. The predicted molar refractivity (Wildman–Crippen MR) is 88.2 cm³/mol. The lowest BCUT2D eigenvalue weighted by Crippen LogP contribution is -2.45. The highest BCUT2D eigenvalue weighted by Gasteiger charge is 2.45. The average molecular weight is 336 g/mol. The second kappa shape index (κ2) is 7.59. The number of hydrogen-bond acceptors (Lipinski definition) is 4. The van der Waals surface area contributed by atoms with Gasteiger partial charge in [0.25, 0.3) is 0 Å². The highest BCUT2D eigenvalue weighted by atomic mass is 19.1. The summed E-state index contributed by atoms with van der Waals surface area (Å²) in [6.07, 6.45) is 0.190. The highest BCUT2D eigenvalue weighted by Crippen LogP contribution is 2.48. The Morgan fingerprint density at radius 1 is 1.46 bits per heavy atom. The summed E-state index contributed by atoms with van der Waals surface area (Å²) in [6, 6.07) is 6.47. The molecular weight excluding hydrogens is 311 g/mol. The van der Waals surface area contributed by atoms with Crippen LogP contribution in [0, 0.1) is 11.7 Å². The van der Waals surface area contributed by atoms with Crippen LogP contribution in [0.2, 0.25) is 0 Å². The number of nitrogens with zero attached hydrogens (tertiary/aromatic N) is 2. The fraction of sp³-hybridized carbons (Fsp3) is 0.611. The molecule has 1 aromatic carbocycles. The van der Waals surface area contributed by atoms with Crippen molar-refractivity contribution in [1.29, 1.82) is 0 Å². The number of morpholine rings is 1. The van der Waals surface area contributed by atoms with E-state index in [0.717, 1.165) is 25.1 Å². The van der Waals surface area contributed by atoms with E-state index in [-0.39, 0.29) is 23.6 Å². The van der Waals surface area contributed by atoms with E-state index in [4.69, 9.17) is 4.74 Å². The third-order valence-electron chi connectivity index (χ3n) is 4.82. The van der Waals surface area contributed by atoms with Crippen LogP contribution in [0.4, 0.5) is 4.39 Å². The standard InChI is InChI=1S/C18H25FN2O3/c1-20(11-15(22)12-21-5-7-24-8-6-21)18(23)17-10-16(17)13-3-2-4-14(19)9-13/h2-4,9,15-17,22H,5-8,10-12H2,1H3. The molecule has 0 radical (unpaired) electrons. The van der Waals surface area contributed by atoms with E-state index in [9.17, 15) is 14.3 Å². The number of carbonyl (C=O) groups is 1. The third kappa shape index (κ3) is 4.32. The summed E-state index contributed by atoms with van der Waals surface area (Å²) in [5.74, 6) is -0.218. The van der Waals surface area contributed by atoms with Crippen molar-refractivity contribution in [3.63, 3.8) is 0 Å². The van der Waals surface area contributed by atoms with Crippen LogP contribution in [-0.2, 0) is 9.53 Å². The van der Waals surface area contributed by atoms with Gasteiger partial charge in [-0.25, -0.2) is 4.39 Å². The second-order valence-corrected chi connectivity index (χ2v) is 6.79. The number of ether oxygens (including phenoxy) is 1.